The van der Waals surface area contributed by atoms with Crippen LogP contribution in [0.3, 0.4) is 0 Å². The number of ether oxygens (including phenoxy) is 1. The number of fused-ring (bicyclic) bond motifs is 3. The number of benzene rings is 3. The molecule has 1 N–H and O–H groups in total. The van der Waals surface area contributed by atoms with Gasteiger partial charge in [-0.15, -0.1) is 0 Å². The van der Waals surface area contributed by atoms with E-state index in [0.29, 0.717) is 34.4 Å². The normalized spacial score (nSPS) is 12.7. The first-order valence-corrected chi connectivity index (χ1v) is 11.1. The first-order chi connectivity index (χ1) is 16.9. The molecule has 1 aliphatic carbocycles. The molecule has 10 heteroatoms. The third-order valence-corrected chi connectivity index (χ3v) is 5.60. The van der Waals surface area contributed by atoms with E-state index in [2.05, 4.69) is 10.5 Å². The van der Waals surface area contributed by atoms with Crippen LogP contribution < -0.4 is 5.43 Å². The smallest absolute Gasteiger partial charge is 0.339 e. The van der Waals surface area contributed by atoms with Crippen molar-refractivity contribution in [1.82, 2.24) is 0 Å². The zero-order valence-corrected chi connectivity index (χ0v) is 18.9. The van der Waals surface area contributed by atoms with Crippen LogP contribution in [0.5, 0.6) is 0 Å². The predicted molar refractivity (Wildman–Crippen MR) is 131 cm³/mol. The number of hydrogen-bond donors (Lipinski definition) is 1. The maximum Gasteiger partial charge on any atom is 0.339 e. The Bertz CT molecular complexity index is 1340. The molecule has 0 saturated heterocycles. The zero-order chi connectivity index (χ0) is 24.9. The minimum Gasteiger partial charge on any atom is -0.462 e. The van der Waals surface area contributed by atoms with E-state index in [0.717, 1.165) is 12.8 Å². The van der Waals surface area contributed by atoms with Crippen molar-refractivity contribution < 1.29 is 19.4 Å². The second-order valence-corrected chi connectivity index (χ2v) is 7.94. The molecule has 0 radical (unpaired) electrons. The monoisotopic (exact) mass is 474 g/mol. The lowest BCUT2D eigenvalue weighted by Gasteiger charge is -2.10. The summed E-state index contributed by atoms with van der Waals surface area (Å²) in [5, 5.41) is 27.6. The van der Waals surface area contributed by atoms with Crippen LogP contribution in [0.4, 0.5) is 17.1 Å². The van der Waals surface area contributed by atoms with Gasteiger partial charge in [0.1, 0.15) is 0 Å². The SMILES string of the molecule is CCCCCOC(=O)c1cc([N+](=O)[O-])cc2c1-c1ccc([N+](=O)[O-])cc1C2=NNc1ccccc1. The van der Waals surface area contributed by atoms with E-state index in [1.54, 1.807) is 24.3 Å². The van der Waals surface area contributed by atoms with Crippen molar-refractivity contribution in [3.8, 4) is 11.1 Å². The number of non-ortho nitro benzene ring substituents is 2. The number of para-hydroxylation sites is 1. The first-order valence-electron chi connectivity index (χ1n) is 11.1. The number of hydrogen-bond acceptors (Lipinski definition) is 8. The lowest BCUT2D eigenvalue weighted by Crippen LogP contribution is -2.10. The summed E-state index contributed by atoms with van der Waals surface area (Å²) in [6.07, 6.45) is 2.51. The van der Waals surface area contributed by atoms with E-state index >= 15 is 0 Å². The average molecular weight is 474 g/mol. The number of hydrazone groups is 1. The second-order valence-electron chi connectivity index (χ2n) is 7.94. The molecule has 0 spiro atoms. The topological polar surface area (TPSA) is 137 Å². The summed E-state index contributed by atoms with van der Waals surface area (Å²) in [4.78, 5) is 35.0. The molecule has 3 aromatic carbocycles. The van der Waals surface area contributed by atoms with Crippen LogP contribution in [0.2, 0.25) is 0 Å². The van der Waals surface area contributed by atoms with Gasteiger partial charge in [0.15, 0.2) is 0 Å². The highest BCUT2D eigenvalue weighted by Gasteiger charge is 2.34. The van der Waals surface area contributed by atoms with E-state index < -0.39 is 15.8 Å². The third-order valence-electron chi connectivity index (χ3n) is 5.60. The summed E-state index contributed by atoms with van der Waals surface area (Å²) in [6.45, 7) is 2.21. The summed E-state index contributed by atoms with van der Waals surface area (Å²) >= 11 is 0. The minimum absolute atomic E-state index is 0.0192. The maximum atomic E-state index is 13.0. The molecule has 0 unspecified atom stereocenters. The number of rotatable bonds is 9. The summed E-state index contributed by atoms with van der Waals surface area (Å²) in [6, 6.07) is 15.7. The van der Waals surface area contributed by atoms with Gasteiger partial charge in [-0.05, 0) is 30.2 Å². The highest BCUT2D eigenvalue weighted by atomic mass is 16.6. The highest BCUT2D eigenvalue weighted by molar-refractivity contribution is 6.27. The number of esters is 1. The Hall–Kier alpha value is -4.60. The number of unbranched alkanes of at least 4 members (excludes halogenated alkanes) is 2. The molecule has 0 aliphatic heterocycles. The fourth-order valence-corrected chi connectivity index (χ4v) is 3.92. The summed E-state index contributed by atoms with van der Waals surface area (Å²) in [5.41, 5.74) is 4.96. The van der Waals surface area contributed by atoms with Gasteiger partial charge in [0.25, 0.3) is 11.4 Å². The van der Waals surface area contributed by atoms with E-state index in [1.807, 2.05) is 13.0 Å². The maximum absolute atomic E-state index is 13.0. The van der Waals surface area contributed by atoms with Crippen LogP contribution in [0, 0.1) is 20.2 Å². The summed E-state index contributed by atoms with van der Waals surface area (Å²) < 4.78 is 5.41. The van der Waals surface area contributed by atoms with Crippen molar-refractivity contribution in [2.24, 2.45) is 5.10 Å². The van der Waals surface area contributed by atoms with Crippen molar-refractivity contribution in [3.63, 3.8) is 0 Å². The predicted octanol–water partition coefficient (Wildman–Crippen LogP) is 5.69. The molecule has 4 rings (SSSR count). The molecule has 178 valence electrons. The number of nitro groups is 2. The van der Waals surface area contributed by atoms with Gasteiger partial charge in [0.05, 0.1) is 33.4 Å². The number of carbonyl (C=O) groups is 1. The summed E-state index contributed by atoms with van der Waals surface area (Å²) in [5.74, 6) is -0.692. The van der Waals surface area contributed by atoms with E-state index in [-0.39, 0.29) is 29.3 Å². The average Bonchev–Trinajstić information content (AvgIpc) is 3.18. The van der Waals surface area contributed by atoms with E-state index in [9.17, 15) is 25.0 Å². The molecular formula is C25H22N4O6. The summed E-state index contributed by atoms with van der Waals surface area (Å²) in [7, 11) is 0. The van der Waals surface area contributed by atoms with Crippen molar-refractivity contribution in [2.75, 3.05) is 12.0 Å². The molecule has 0 heterocycles. The fraction of sp³-hybridized carbons (Fsp3) is 0.200. The van der Waals surface area contributed by atoms with Gasteiger partial charge in [0.2, 0.25) is 0 Å². The number of nitrogens with zero attached hydrogens (tertiary/aromatic N) is 3. The second kappa shape index (κ2) is 10.1. The third kappa shape index (κ3) is 4.86. The van der Waals surface area contributed by atoms with Crippen LogP contribution >= 0.6 is 0 Å². The van der Waals surface area contributed by atoms with Crippen LogP contribution in [0.1, 0.15) is 47.7 Å². The Morgan fingerprint density at radius 2 is 1.63 bits per heavy atom. The molecule has 1 aliphatic rings. The van der Waals surface area contributed by atoms with Crippen molar-refractivity contribution >= 4 is 28.7 Å². The number of anilines is 1. The molecule has 3 aromatic rings. The van der Waals surface area contributed by atoms with Gasteiger partial charge in [0, 0.05) is 41.0 Å². The van der Waals surface area contributed by atoms with Crippen molar-refractivity contribution in [3.05, 3.63) is 97.6 Å². The number of nitrogens with one attached hydrogen (secondary N) is 1. The molecule has 0 saturated carbocycles. The molecule has 0 bridgehead atoms. The van der Waals surface area contributed by atoms with E-state index in [4.69, 9.17) is 4.74 Å². The van der Waals surface area contributed by atoms with Crippen molar-refractivity contribution in [1.29, 1.82) is 0 Å². The van der Waals surface area contributed by atoms with Gasteiger partial charge in [-0.25, -0.2) is 4.79 Å². The lowest BCUT2D eigenvalue weighted by molar-refractivity contribution is -0.385. The van der Waals surface area contributed by atoms with Gasteiger partial charge >= 0.3 is 5.97 Å². The first kappa shape index (κ1) is 23.6. The Balaban J connectivity index is 1.87. The van der Waals surface area contributed by atoms with E-state index in [1.165, 1.54) is 30.3 Å². The minimum atomic E-state index is -0.692. The van der Waals surface area contributed by atoms with Crippen LogP contribution in [0.25, 0.3) is 11.1 Å². The number of nitro benzene ring substituents is 2. The van der Waals surface area contributed by atoms with Gasteiger partial charge in [-0.1, -0.05) is 38.0 Å². The van der Waals surface area contributed by atoms with Crippen LogP contribution in [-0.4, -0.2) is 28.1 Å². The largest absolute Gasteiger partial charge is 0.462 e. The Morgan fingerprint density at radius 3 is 2.31 bits per heavy atom. The molecule has 0 atom stereocenters. The Morgan fingerprint density at radius 1 is 0.914 bits per heavy atom. The van der Waals surface area contributed by atoms with Crippen LogP contribution in [0.15, 0.2) is 65.8 Å². The quantitative estimate of drug-likeness (QED) is 0.142. The van der Waals surface area contributed by atoms with Crippen LogP contribution in [-0.2, 0) is 4.74 Å². The molecule has 0 fully saturated rings. The van der Waals surface area contributed by atoms with Gasteiger partial charge < -0.3 is 4.74 Å². The highest BCUT2D eigenvalue weighted by Crippen LogP contribution is 2.43. The number of carbonyl (C=O) groups excluding carboxylic acids is 1. The zero-order valence-electron chi connectivity index (χ0n) is 18.9. The molecule has 0 aromatic heterocycles. The van der Waals surface area contributed by atoms with Gasteiger partial charge in [-0.2, -0.15) is 5.10 Å². The molecule has 35 heavy (non-hydrogen) atoms. The molecule has 10 nitrogen and oxygen atoms in total. The van der Waals surface area contributed by atoms with Gasteiger partial charge in [-0.3, -0.25) is 25.7 Å². The Labute approximate surface area is 200 Å². The Kier molecular flexibility index (Phi) is 6.81. The lowest BCUT2D eigenvalue weighted by atomic mass is 9.98. The van der Waals surface area contributed by atoms with Crippen molar-refractivity contribution in [2.45, 2.75) is 26.2 Å². The molecular weight excluding hydrogens is 452 g/mol. The standard InChI is InChI=1S/C25H22N4O6/c1-2-3-7-12-35-25(30)22-15-18(29(33)34)14-21-23(22)19-11-10-17(28(31)32)13-20(19)24(21)27-26-16-8-5-4-6-9-16/h4-6,8-11,13-15,26H,2-3,7,12H2,1H3. The molecule has 0 amide bonds. The fourth-order valence-electron chi connectivity index (χ4n) is 3.92.